The largest absolute Gasteiger partial charge is 0.467 e. The first-order valence-corrected chi connectivity index (χ1v) is 10.2. The Morgan fingerprint density at radius 1 is 1.22 bits per heavy atom. The van der Waals surface area contributed by atoms with Gasteiger partial charge in [0.1, 0.15) is 17.6 Å². The summed E-state index contributed by atoms with van der Waals surface area (Å²) >= 11 is 0. The van der Waals surface area contributed by atoms with Crippen LogP contribution in [0.5, 0.6) is 0 Å². The van der Waals surface area contributed by atoms with Gasteiger partial charge in [-0.15, -0.1) is 0 Å². The lowest BCUT2D eigenvalue weighted by atomic mass is 10.0. The normalized spacial score (nSPS) is 17.6. The average molecular weight is 389 g/mol. The van der Waals surface area contributed by atoms with Gasteiger partial charge < -0.3 is 9.32 Å². The number of amides is 1. The van der Waals surface area contributed by atoms with Crippen LogP contribution in [0.4, 0.5) is 0 Å². The molecular formula is C19H23N3O4S. The molecule has 1 aliphatic rings. The summed E-state index contributed by atoms with van der Waals surface area (Å²) in [7, 11) is -1.95. The summed E-state index contributed by atoms with van der Waals surface area (Å²) in [5.41, 5.74) is 0.493. The molecule has 0 fully saturated rings. The third-order valence-corrected chi connectivity index (χ3v) is 5.67. The number of amidine groups is 1. The number of aliphatic imine (C=N–C) groups is 1. The second-order valence-corrected chi connectivity index (χ2v) is 8.65. The van der Waals surface area contributed by atoms with Crippen LogP contribution in [0, 0.1) is 5.92 Å². The van der Waals surface area contributed by atoms with E-state index in [9.17, 15) is 13.2 Å². The highest BCUT2D eigenvalue weighted by Crippen LogP contribution is 2.24. The maximum absolute atomic E-state index is 13.0. The fourth-order valence-corrected chi connectivity index (χ4v) is 4.25. The van der Waals surface area contributed by atoms with E-state index < -0.39 is 16.1 Å². The molecule has 0 spiro atoms. The van der Waals surface area contributed by atoms with Crippen LogP contribution in [0.1, 0.15) is 31.6 Å². The summed E-state index contributed by atoms with van der Waals surface area (Å²) in [4.78, 5) is 19.2. The van der Waals surface area contributed by atoms with E-state index in [0.717, 1.165) is 0 Å². The van der Waals surface area contributed by atoms with Gasteiger partial charge in [0.15, 0.2) is 0 Å². The van der Waals surface area contributed by atoms with Crippen molar-refractivity contribution in [3.05, 3.63) is 54.0 Å². The van der Waals surface area contributed by atoms with Crippen LogP contribution in [-0.4, -0.2) is 38.2 Å². The second kappa shape index (κ2) is 7.56. The highest BCUT2D eigenvalue weighted by molar-refractivity contribution is 7.90. The quantitative estimate of drug-likeness (QED) is 0.821. The minimum absolute atomic E-state index is 0.184. The van der Waals surface area contributed by atoms with Gasteiger partial charge in [-0.05, 0) is 36.6 Å². The van der Waals surface area contributed by atoms with Crippen LogP contribution in [0.15, 0.2) is 57.0 Å². The molecule has 3 rings (SSSR count). The van der Waals surface area contributed by atoms with Crippen molar-refractivity contribution in [2.75, 3.05) is 7.05 Å². The first kappa shape index (κ1) is 19.2. The number of carbonyl (C=O) groups excluding carboxylic acids is 1. The zero-order valence-electron chi connectivity index (χ0n) is 15.5. The van der Waals surface area contributed by atoms with Crippen LogP contribution < -0.4 is 4.72 Å². The first-order chi connectivity index (χ1) is 12.8. The molecule has 1 unspecified atom stereocenters. The van der Waals surface area contributed by atoms with Crippen LogP contribution in [0.3, 0.4) is 0 Å². The molecule has 0 saturated heterocycles. The van der Waals surface area contributed by atoms with Gasteiger partial charge in [-0.25, -0.2) is 8.42 Å². The average Bonchev–Trinajstić information content (AvgIpc) is 3.20. The number of hydrogen-bond donors (Lipinski definition) is 1. The number of furan rings is 1. The predicted octanol–water partition coefficient (Wildman–Crippen LogP) is 2.39. The van der Waals surface area contributed by atoms with E-state index >= 15 is 0 Å². The fraction of sp³-hybridized carbons (Fsp3) is 0.368. The molecule has 0 aliphatic carbocycles. The number of carbonyl (C=O) groups is 1. The number of fused-ring (bicyclic) bond motifs is 1. The molecule has 1 amide bonds. The van der Waals surface area contributed by atoms with E-state index in [-0.39, 0.29) is 22.6 Å². The highest BCUT2D eigenvalue weighted by atomic mass is 32.2. The Morgan fingerprint density at radius 3 is 2.63 bits per heavy atom. The molecule has 0 radical (unpaired) electrons. The van der Waals surface area contributed by atoms with Gasteiger partial charge in [0.25, 0.3) is 10.0 Å². The Labute approximate surface area is 159 Å². The second-order valence-electron chi connectivity index (χ2n) is 7.00. The molecule has 7 nitrogen and oxygen atoms in total. The maximum Gasteiger partial charge on any atom is 0.263 e. The van der Waals surface area contributed by atoms with Crippen molar-refractivity contribution in [1.29, 1.82) is 0 Å². The van der Waals surface area contributed by atoms with Crippen molar-refractivity contribution in [1.82, 2.24) is 9.62 Å². The van der Waals surface area contributed by atoms with E-state index in [4.69, 9.17) is 4.42 Å². The summed E-state index contributed by atoms with van der Waals surface area (Å²) in [5, 5.41) is 0. The Bertz CT molecular complexity index is 949. The molecular weight excluding hydrogens is 366 g/mol. The standard InChI is InChI=1S/C19H23N3O4S/c1-13(2)11-16(19(23)22(3)12-14-7-6-10-26-14)20-18-15-8-4-5-9-17(15)27(24,25)21-18/h4-10,13,16H,11-12H2,1-3H3,(H,20,21). The zero-order valence-corrected chi connectivity index (χ0v) is 16.4. The molecule has 1 atom stereocenters. The molecule has 0 saturated carbocycles. The van der Waals surface area contributed by atoms with E-state index in [2.05, 4.69) is 9.71 Å². The van der Waals surface area contributed by atoms with Crippen LogP contribution in [0.2, 0.25) is 0 Å². The lowest BCUT2D eigenvalue weighted by molar-refractivity contribution is -0.132. The van der Waals surface area contributed by atoms with Crippen LogP contribution in [0.25, 0.3) is 0 Å². The monoisotopic (exact) mass is 389 g/mol. The number of nitrogens with one attached hydrogen (secondary N) is 1. The fourth-order valence-electron chi connectivity index (χ4n) is 3.01. The molecule has 144 valence electrons. The van der Waals surface area contributed by atoms with Crippen LogP contribution in [-0.2, 0) is 21.4 Å². The number of hydrogen-bond acceptors (Lipinski definition) is 5. The molecule has 8 heteroatoms. The van der Waals surface area contributed by atoms with E-state index in [0.29, 0.717) is 24.3 Å². The molecule has 1 aromatic heterocycles. The molecule has 0 bridgehead atoms. The first-order valence-electron chi connectivity index (χ1n) is 8.75. The smallest absolute Gasteiger partial charge is 0.263 e. The van der Waals surface area contributed by atoms with E-state index in [1.54, 1.807) is 48.5 Å². The Kier molecular flexibility index (Phi) is 5.36. The topological polar surface area (TPSA) is 92.0 Å². The number of benzene rings is 1. The Hall–Kier alpha value is -2.61. The van der Waals surface area contributed by atoms with Crippen molar-refractivity contribution >= 4 is 21.8 Å². The summed E-state index contributed by atoms with van der Waals surface area (Å²) in [6.45, 7) is 4.33. The minimum atomic E-state index is -3.64. The Balaban J connectivity index is 1.89. The number of rotatable bonds is 6. The van der Waals surface area contributed by atoms with E-state index in [1.165, 1.54) is 6.07 Å². The predicted molar refractivity (Wildman–Crippen MR) is 102 cm³/mol. The van der Waals surface area contributed by atoms with E-state index in [1.807, 2.05) is 13.8 Å². The lowest BCUT2D eigenvalue weighted by Gasteiger charge is -2.22. The van der Waals surface area contributed by atoms with Gasteiger partial charge in [-0.2, -0.15) is 0 Å². The highest BCUT2D eigenvalue weighted by Gasteiger charge is 2.32. The lowest BCUT2D eigenvalue weighted by Crippen LogP contribution is -2.37. The third-order valence-electron chi connectivity index (χ3n) is 4.28. The molecule has 27 heavy (non-hydrogen) atoms. The summed E-state index contributed by atoms with van der Waals surface area (Å²) in [5.74, 6) is 0.925. The molecule has 1 aromatic carbocycles. The SMILES string of the molecule is CC(C)CC(N=C1NS(=O)(=O)c2ccccc21)C(=O)N(C)Cc1ccco1. The van der Waals surface area contributed by atoms with Gasteiger partial charge in [-0.1, -0.05) is 26.0 Å². The van der Waals surface area contributed by atoms with Crippen molar-refractivity contribution in [3.8, 4) is 0 Å². The third kappa shape index (κ3) is 4.21. The van der Waals surface area contributed by atoms with Crippen molar-refractivity contribution in [2.45, 2.75) is 37.8 Å². The van der Waals surface area contributed by atoms with Crippen molar-refractivity contribution in [3.63, 3.8) is 0 Å². The van der Waals surface area contributed by atoms with Crippen molar-refractivity contribution in [2.24, 2.45) is 10.9 Å². The number of likely N-dealkylation sites (N-methyl/N-ethyl adjacent to an activating group) is 1. The number of sulfonamides is 1. The van der Waals surface area contributed by atoms with Crippen molar-refractivity contribution < 1.29 is 17.6 Å². The number of nitrogens with zero attached hydrogens (tertiary/aromatic N) is 2. The van der Waals surface area contributed by atoms with Gasteiger partial charge in [0, 0.05) is 12.6 Å². The summed E-state index contributed by atoms with van der Waals surface area (Å²) < 4.78 is 32.3. The maximum atomic E-state index is 13.0. The zero-order chi connectivity index (χ0) is 19.6. The molecule has 1 aliphatic heterocycles. The molecule has 2 aromatic rings. The van der Waals surface area contributed by atoms with Gasteiger partial charge in [-0.3, -0.25) is 14.5 Å². The molecule has 1 N–H and O–H groups in total. The summed E-state index contributed by atoms with van der Waals surface area (Å²) in [6.07, 6.45) is 2.07. The molecule has 2 heterocycles. The Morgan fingerprint density at radius 2 is 1.96 bits per heavy atom. The van der Waals surface area contributed by atoms with Gasteiger partial charge >= 0.3 is 0 Å². The van der Waals surface area contributed by atoms with Gasteiger partial charge in [0.05, 0.1) is 17.7 Å². The summed E-state index contributed by atoms with van der Waals surface area (Å²) in [6, 6.07) is 9.51. The van der Waals surface area contributed by atoms with Crippen LogP contribution >= 0.6 is 0 Å². The minimum Gasteiger partial charge on any atom is -0.467 e. The van der Waals surface area contributed by atoms with Gasteiger partial charge in [0.2, 0.25) is 5.91 Å².